The fourth-order valence-electron chi connectivity index (χ4n) is 1.62. The third kappa shape index (κ3) is 2.82. The molecule has 2 rings (SSSR count). The first-order valence-electron chi connectivity index (χ1n) is 5.37. The summed E-state index contributed by atoms with van der Waals surface area (Å²) in [6.45, 7) is 0. The molecule has 1 aromatic heterocycles. The Bertz CT molecular complexity index is 571. The van der Waals surface area contributed by atoms with Gasteiger partial charge >= 0.3 is 0 Å². The number of halogens is 1. The van der Waals surface area contributed by atoms with Gasteiger partial charge < -0.3 is 5.73 Å². The van der Waals surface area contributed by atoms with E-state index in [0.29, 0.717) is 0 Å². The molecule has 1 unspecified atom stereocenters. The van der Waals surface area contributed by atoms with Gasteiger partial charge in [0.2, 0.25) is 10.0 Å². The lowest BCUT2D eigenvalue weighted by atomic mass is 10.2. The van der Waals surface area contributed by atoms with Gasteiger partial charge in [0.25, 0.3) is 0 Å². The van der Waals surface area contributed by atoms with Crippen LogP contribution in [0.15, 0.2) is 23.4 Å². The molecule has 1 fully saturated rings. The van der Waals surface area contributed by atoms with Crippen LogP contribution in [0.4, 0.5) is 4.39 Å². The average Bonchev–Trinajstić information content (AvgIpc) is 3.09. The number of nitrogens with zero attached hydrogens (tertiary/aromatic N) is 1. The first-order valence-corrected chi connectivity index (χ1v) is 6.85. The Kier molecular flexibility index (Phi) is 3.31. The number of nitrogens with two attached hydrogens (primary N) is 1. The summed E-state index contributed by atoms with van der Waals surface area (Å²) in [5.74, 6) is -0.909. The number of sulfonamides is 1. The summed E-state index contributed by atoms with van der Waals surface area (Å²) in [5.41, 5.74) is 5.36. The zero-order valence-corrected chi connectivity index (χ0v) is 10.2. The molecule has 98 valence electrons. The van der Waals surface area contributed by atoms with E-state index in [-0.39, 0.29) is 16.6 Å². The van der Waals surface area contributed by atoms with E-state index in [9.17, 15) is 12.8 Å². The molecule has 0 bridgehead atoms. The first kappa shape index (κ1) is 12.9. The van der Waals surface area contributed by atoms with Gasteiger partial charge in [-0.25, -0.2) is 17.5 Å². The van der Waals surface area contributed by atoms with E-state index < -0.39 is 21.9 Å². The van der Waals surface area contributed by atoms with Gasteiger partial charge in [-0.15, -0.1) is 0 Å². The van der Waals surface area contributed by atoms with Crippen LogP contribution in [-0.4, -0.2) is 25.3 Å². The molecule has 0 saturated heterocycles. The first-order chi connectivity index (χ1) is 8.40. The molecule has 0 spiro atoms. The molecule has 1 atom stereocenters. The lowest BCUT2D eigenvalue weighted by Crippen LogP contribution is -2.45. The fraction of sp³-hybridized carbons (Fsp3) is 0.400. The minimum absolute atomic E-state index is 0.0544. The minimum Gasteiger partial charge on any atom is -0.386 e. The minimum atomic E-state index is -3.91. The molecule has 6 nitrogen and oxygen atoms in total. The Morgan fingerprint density at radius 2 is 2.22 bits per heavy atom. The largest absolute Gasteiger partial charge is 0.386 e. The Balaban J connectivity index is 2.23. The van der Waals surface area contributed by atoms with Gasteiger partial charge in [0.1, 0.15) is 16.5 Å². The second kappa shape index (κ2) is 4.62. The smallest absolute Gasteiger partial charge is 0.242 e. The Morgan fingerprint density at radius 1 is 1.56 bits per heavy atom. The second-order valence-electron chi connectivity index (χ2n) is 4.23. The molecule has 0 radical (unpaired) electrons. The summed E-state index contributed by atoms with van der Waals surface area (Å²) in [5, 5.41) is 7.37. The highest BCUT2D eigenvalue weighted by atomic mass is 32.2. The summed E-state index contributed by atoms with van der Waals surface area (Å²) in [4.78, 5) is 3.21. The number of rotatable bonds is 5. The fourth-order valence-corrected chi connectivity index (χ4v) is 2.87. The summed E-state index contributed by atoms with van der Waals surface area (Å²) >= 11 is 0. The predicted octanol–water partition coefficient (Wildman–Crippen LogP) is 0.214. The van der Waals surface area contributed by atoms with Gasteiger partial charge in [0.15, 0.2) is 0 Å². The molecule has 1 aliphatic carbocycles. The summed E-state index contributed by atoms with van der Waals surface area (Å²) in [6, 6.07) is 0.151. The molecule has 1 heterocycles. The molecular weight excluding hydrogens is 259 g/mol. The van der Waals surface area contributed by atoms with E-state index in [1.807, 2.05) is 0 Å². The van der Waals surface area contributed by atoms with Gasteiger partial charge in [-0.3, -0.25) is 10.4 Å². The molecule has 0 aliphatic heterocycles. The predicted molar refractivity (Wildman–Crippen MR) is 62.9 cm³/mol. The van der Waals surface area contributed by atoms with Crippen molar-refractivity contribution in [3.05, 3.63) is 24.3 Å². The molecule has 0 amide bonds. The third-order valence-electron chi connectivity index (χ3n) is 2.70. The van der Waals surface area contributed by atoms with Crippen molar-refractivity contribution >= 4 is 15.9 Å². The highest BCUT2D eigenvalue weighted by Crippen LogP contribution is 2.33. The van der Waals surface area contributed by atoms with E-state index in [2.05, 4.69) is 9.71 Å². The van der Waals surface area contributed by atoms with E-state index in [1.165, 1.54) is 0 Å². The number of pyridine rings is 1. The second-order valence-corrected chi connectivity index (χ2v) is 5.94. The number of hydrogen-bond donors (Lipinski definition) is 3. The van der Waals surface area contributed by atoms with Crippen molar-refractivity contribution in [2.24, 2.45) is 11.7 Å². The van der Waals surface area contributed by atoms with Crippen LogP contribution in [0.25, 0.3) is 0 Å². The number of hydrogen-bond acceptors (Lipinski definition) is 4. The quantitative estimate of drug-likeness (QED) is 0.526. The van der Waals surface area contributed by atoms with E-state index in [0.717, 1.165) is 31.3 Å². The van der Waals surface area contributed by atoms with Crippen LogP contribution < -0.4 is 10.5 Å². The zero-order valence-electron chi connectivity index (χ0n) is 9.43. The normalized spacial score (nSPS) is 17.4. The lowest BCUT2D eigenvalue weighted by molar-refractivity contribution is 0.559. The molecule has 8 heteroatoms. The Hall–Kier alpha value is -1.54. The summed E-state index contributed by atoms with van der Waals surface area (Å²) < 4.78 is 39.2. The van der Waals surface area contributed by atoms with Crippen molar-refractivity contribution in [1.82, 2.24) is 9.71 Å². The number of nitrogens with one attached hydrogen (secondary N) is 2. The van der Waals surface area contributed by atoms with E-state index in [4.69, 9.17) is 11.1 Å². The van der Waals surface area contributed by atoms with E-state index in [1.54, 1.807) is 0 Å². The van der Waals surface area contributed by atoms with Crippen LogP contribution in [0.5, 0.6) is 0 Å². The maximum absolute atomic E-state index is 12.9. The molecule has 0 aromatic carbocycles. The van der Waals surface area contributed by atoms with Crippen LogP contribution in [0.2, 0.25) is 0 Å². The standard InChI is InChI=1S/C10H13FN4O2S/c11-7-3-8(5-14-4-7)18(16,17)15-9(10(12)13)6-1-2-6/h3-6,9,15H,1-2H2,(H3,12,13). The van der Waals surface area contributed by atoms with Crippen molar-refractivity contribution in [3.8, 4) is 0 Å². The van der Waals surface area contributed by atoms with Crippen LogP contribution >= 0.6 is 0 Å². The molecule has 1 aromatic rings. The summed E-state index contributed by atoms with van der Waals surface area (Å²) in [7, 11) is -3.91. The summed E-state index contributed by atoms with van der Waals surface area (Å²) in [6.07, 6.45) is 3.63. The highest BCUT2D eigenvalue weighted by molar-refractivity contribution is 7.89. The zero-order chi connectivity index (χ0) is 13.3. The SMILES string of the molecule is N=C(N)C(NS(=O)(=O)c1cncc(F)c1)C1CC1. The lowest BCUT2D eigenvalue weighted by Gasteiger charge is -2.16. The topological polar surface area (TPSA) is 109 Å². The maximum atomic E-state index is 12.9. The maximum Gasteiger partial charge on any atom is 0.242 e. The monoisotopic (exact) mass is 272 g/mol. The van der Waals surface area contributed by atoms with Crippen molar-refractivity contribution in [3.63, 3.8) is 0 Å². The van der Waals surface area contributed by atoms with Crippen molar-refractivity contribution in [1.29, 1.82) is 5.41 Å². The van der Waals surface area contributed by atoms with Crippen LogP contribution in [-0.2, 0) is 10.0 Å². The highest BCUT2D eigenvalue weighted by Gasteiger charge is 2.36. The van der Waals surface area contributed by atoms with Gasteiger partial charge in [0, 0.05) is 6.20 Å². The number of amidine groups is 1. The molecule has 18 heavy (non-hydrogen) atoms. The van der Waals surface area contributed by atoms with Crippen molar-refractivity contribution < 1.29 is 12.8 Å². The van der Waals surface area contributed by atoms with E-state index >= 15 is 0 Å². The molecule has 1 aliphatic rings. The van der Waals surface area contributed by atoms with Crippen molar-refractivity contribution in [2.45, 2.75) is 23.8 Å². The van der Waals surface area contributed by atoms with Crippen LogP contribution in [0, 0.1) is 17.1 Å². The van der Waals surface area contributed by atoms with Gasteiger partial charge in [0.05, 0.1) is 12.2 Å². The number of aromatic nitrogens is 1. The Labute approximate surface area is 104 Å². The molecule has 1 saturated carbocycles. The molecular formula is C10H13FN4O2S. The van der Waals surface area contributed by atoms with Gasteiger partial charge in [-0.1, -0.05) is 0 Å². The van der Waals surface area contributed by atoms with Crippen LogP contribution in [0.3, 0.4) is 0 Å². The molecule has 4 N–H and O–H groups in total. The third-order valence-corrected chi connectivity index (χ3v) is 4.11. The Morgan fingerprint density at radius 3 is 2.72 bits per heavy atom. The van der Waals surface area contributed by atoms with Gasteiger partial charge in [-0.2, -0.15) is 0 Å². The van der Waals surface area contributed by atoms with Crippen molar-refractivity contribution in [2.75, 3.05) is 0 Å². The van der Waals surface area contributed by atoms with Crippen LogP contribution in [0.1, 0.15) is 12.8 Å². The average molecular weight is 272 g/mol. The van der Waals surface area contributed by atoms with Gasteiger partial charge in [-0.05, 0) is 24.8 Å².